The summed E-state index contributed by atoms with van der Waals surface area (Å²) in [6.45, 7) is 2.36. The Labute approximate surface area is 92.1 Å². The Bertz CT molecular complexity index is 426. The highest BCUT2D eigenvalue weighted by atomic mass is 79.9. The van der Waals surface area contributed by atoms with Crippen LogP contribution in [0.15, 0.2) is 27.6 Å². The van der Waals surface area contributed by atoms with E-state index in [2.05, 4.69) is 15.9 Å². The average Bonchev–Trinajstić information content (AvgIpc) is 2.02. The lowest BCUT2D eigenvalue weighted by Crippen LogP contribution is -1.99. The van der Waals surface area contributed by atoms with Gasteiger partial charge in [0.05, 0.1) is 11.5 Å². The van der Waals surface area contributed by atoms with E-state index < -0.39 is 9.84 Å². The number of ether oxygens (including phenoxy) is 1. The fourth-order valence-corrected chi connectivity index (χ4v) is 2.30. The molecule has 0 aliphatic carbocycles. The molecule has 0 radical (unpaired) electrons. The van der Waals surface area contributed by atoms with Gasteiger partial charge in [0.25, 0.3) is 0 Å². The fraction of sp³-hybridized carbons (Fsp3) is 0.333. The van der Waals surface area contributed by atoms with E-state index in [1.165, 1.54) is 12.3 Å². The maximum absolute atomic E-state index is 11.3. The number of sulfone groups is 1. The molecule has 1 rings (SSSR count). The van der Waals surface area contributed by atoms with Crippen molar-refractivity contribution in [3.63, 3.8) is 0 Å². The standard InChI is InChI=1S/C9H11BrO3S/c1-3-13-8-4-7(10)5-9(6-8)14(2,11)12/h4-6H,3H2,1-2H3. The molecule has 0 unspecified atom stereocenters. The van der Waals surface area contributed by atoms with Gasteiger partial charge in [0, 0.05) is 10.7 Å². The third kappa shape index (κ3) is 2.99. The molecule has 0 aliphatic heterocycles. The van der Waals surface area contributed by atoms with Crippen LogP contribution in [0.2, 0.25) is 0 Å². The van der Waals surface area contributed by atoms with E-state index in [1.54, 1.807) is 12.1 Å². The summed E-state index contributed by atoms with van der Waals surface area (Å²) in [4.78, 5) is 0.260. The van der Waals surface area contributed by atoms with Gasteiger partial charge < -0.3 is 4.74 Å². The summed E-state index contributed by atoms with van der Waals surface area (Å²) in [5, 5.41) is 0. The van der Waals surface area contributed by atoms with Crippen LogP contribution in [0.5, 0.6) is 5.75 Å². The highest BCUT2D eigenvalue weighted by Gasteiger charge is 2.09. The SMILES string of the molecule is CCOc1cc(Br)cc(S(C)(=O)=O)c1. The largest absolute Gasteiger partial charge is 0.494 e. The maximum Gasteiger partial charge on any atom is 0.175 e. The second-order valence-corrected chi connectivity index (χ2v) is 5.76. The molecule has 0 heterocycles. The zero-order valence-electron chi connectivity index (χ0n) is 7.95. The normalized spacial score (nSPS) is 11.4. The third-order valence-corrected chi connectivity index (χ3v) is 3.13. The molecule has 0 fully saturated rings. The molecule has 3 nitrogen and oxygen atoms in total. The fourth-order valence-electron chi connectivity index (χ4n) is 1.00. The summed E-state index contributed by atoms with van der Waals surface area (Å²) in [5.41, 5.74) is 0. The van der Waals surface area contributed by atoms with E-state index in [0.29, 0.717) is 16.8 Å². The highest BCUT2D eigenvalue weighted by Crippen LogP contribution is 2.24. The minimum absolute atomic E-state index is 0.260. The summed E-state index contributed by atoms with van der Waals surface area (Å²) in [5.74, 6) is 0.558. The van der Waals surface area contributed by atoms with Gasteiger partial charge in [-0.2, -0.15) is 0 Å². The lowest BCUT2D eigenvalue weighted by molar-refractivity contribution is 0.339. The van der Waals surface area contributed by atoms with E-state index in [0.717, 1.165) is 0 Å². The van der Waals surface area contributed by atoms with Gasteiger partial charge in [-0.3, -0.25) is 0 Å². The topological polar surface area (TPSA) is 43.4 Å². The average molecular weight is 279 g/mol. The van der Waals surface area contributed by atoms with Crippen molar-refractivity contribution in [3.05, 3.63) is 22.7 Å². The molecule has 1 aromatic carbocycles. The van der Waals surface area contributed by atoms with Crippen molar-refractivity contribution in [1.82, 2.24) is 0 Å². The minimum Gasteiger partial charge on any atom is -0.494 e. The predicted molar refractivity (Wildman–Crippen MR) is 58.4 cm³/mol. The van der Waals surface area contributed by atoms with Crippen LogP contribution in [-0.4, -0.2) is 21.3 Å². The summed E-state index contributed by atoms with van der Waals surface area (Å²) in [7, 11) is -3.18. The quantitative estimate of drug-likeness (QED) is 0.852. The molecule has 0 spiro atoms. The molecule has 0 saturated heterocycles. The Morgan fingerprint density at radius 1 is 1.36 bits per heavy atom. The molecule has 14 heavy (non-hydrogen) atoms. The van der Waals surface area contributed by atoms with Crippen molar-refractivity contribution in [1.29, 1.82) is 0 Å². The van der Waals surface area contributed by atoms with E-state index in [9.17, 15) is 8.42 Å². The molecule has 0 aliphatic rings. The summed E-state index contributed by atoms with van der Waals surface area (Å²) >= 11 is 3.23. The van der Waals surface area contributed by atoms with Gasteiger partial charge in [-0.15, -0.1) is 0 Å². The Balaban J connectivity index is 3.21. The van der Waals surface area contributed by atoms with Crippen LogP contribution in [-0.2, 0) is 9.84 Å². The molecular formula is C9H11BrO3S. The lowest BCUT2D eigenvalue weighted by atomic mass is 10.3. The second kappa shape index (κ2) is 4.31. The Kier molecular flexibility index (Phi) is 3.55. The molecular weight excluding hydrogens is 268 g/mol. The van der Waals surface area contributed by atoms with Gasteiger partial charge in [-0.05, 0) is 25.1 Å². The first-order chi connectivity index (χ1) is 6.43. The van der Waals surface area contributed by atoms with Gasteiger partial charge in [0.15, 0.2) is 9.84 Å². The van der Waals surface area contributed by atoms with E-state index in [1.807, 2.05) is 6.92 Å². The minimum atomic E-state index is -3.18. The van der Waals surface area contributed by atoms with Crippen molar-refractivity contribution in [2.45, 2.75) is 11.8 Å². The zero-order chi connectivity index (χ0) is 10.8. The summed E-state index contributed by atoms with van der Waals surface area (Å²) in [6.07, 6.45) is 1.17. The molecule has 0 aromatic heterocycles. The van der Waals surface area contributed by atoms with E-state index in [-0.39, 0.29) is 4.90 Å². The van der Waals surface area contributed by atoms with Crippen LogP contribution in [0.25, 0.3) is 0 Å². The Hall–Kier alpha value is -0.550. The van der Waals surface area contributed by atoms with Gasteiger partial charge in [-0.1, -0.05) is 15.9 Å². The van der Waals surface area contributed by atoms with Gasteiger partial charge in [0.1, 0.15) is 5.75 Å². The second-order valence-electron chi connectivity index (χ2n) is 2.83. The van der Waals surface area contributed by atoms with Crippen LogP contribution in [0.4, 0.5) is 0 Å². The lowest BCUT2D eigenvalue weighted by Gasteiger charge is -2.05. The molecule has 78 valence electrons. The molecule has 0 N–H and O–H groups in total. The van der Waals surface area contributed by atoms with Gasteiger partial charge >= 0.3 is 0 Å². The van der Waals surface area contributed by atoms with Crippen molar-refractivity contribution >= 4 is 25.8 Å². The molecule has 0 atom stereocenters. The predicted octanol–water partition coefficient (Wildman–Crippen LogP) is 2.25. The number of benzene rings is 1. The Morgan fingerprint density at radius 3 is 2.50 bits per heavy atom. The molecule has 0 amide bonds. The number of rotatable bonds is 3. The van der Waals surface area contributed by atoms with Gasteiger partial charge in [0.2, 0.25) is 0 Å². The van der Waals surface area contributed by atoms with Crippen LogP contribution < -0.4 is 4.74 Å². The first-order valence-electron chi connectivity index (χ1n) is 4.07. The first kappa shape index (κ1) is 11.5. The van der Waals surface area contributed by atoms with Crippen molar-refractivity contribution in [2.75, 3.05) is 12.9 Å². The van der Waals surface area contributed by atoms with Crippen molar-refractivity contribution < 1.29 is 13.2 Å². The third-order valence-electron chi connectivity index (χ3n) is 1.58. The summed E-state index contributed by atoms with van der Waals surface area (Å²) in [6, 6.07) is 4.81. The van der Waals surface area contributed by atoms with Gasteiger partial charge in [-0.25, -0.2) is 8.42 Å². The maximum atomic E-state index is 11.3. The Morgan fingerprint density at radius 2 is 2.00 bits per heavy atom. The van der Waals surface area contributed by atoms with Crippen LogP contribution in [0.1, 0.15) is 6.92 Å². The number of hydrogen-bond acceptors (Lipinski definition) is 3. The number of halogens is 1. The molecule has 0 saturated carbocycles. The summed E-state index contributed by atoms with van der Waals surface area (Å²) < 4.78 is 28.5. The van der Waals surface area contributed by atoms with Crippen molar-refractivity contribution in [2.24, 2.45) is 0 Å². The molecule has 1 aromatic rings. The first-order valence-corrected chi connectivity index (χ1v) is 6.75. The van der Waals surface area contributed by atoms with E-state index in [4.69, 9.17) is 4.74 Å². The highest BCUT2D eigenvalue weighted by molar-refractivity contribution is 9.10. The number of hydrogen-bond donors (Lipinski definition) is 0. The zero-order valence-corrected chi connectivity index (χ0v) is 10.4. The van der Waals surface area contributed by atoms with Crippen molar-refractivity contribution in [3.8, 4) is 5.75 Å². The molecule has 5 heteroatoms. The van der Waals surface area contributed by atoms with Crippen LogP contribution in [0, 0.1) is 0 Å². The van der Waals surface area contributed by atoms with Crippen LogP contribution in [0.3, 0.4) is 0 Å². The monoisotopic (exact) mass is 278 g/mol. The molecule has 0 bridgehead atoms. The smallest absolute Gasteiger partial charge is 0.175 e. The van der Waals surface area contributed by atoms with Crippen LogP contribution >= 0.6 is 15.9 Å². The van der Waals surface area contributed by atoms with E-state index >= 15 is 0 Å².